The van der Waals surface area contributed by atoms with Crippen molar-refractivity contribution in [1.29, 1.82) is 0 Å². The Bertz CT molecular complexity index is 835. The van der Waals surface area contributed by atoms with Crippen LogP contribution in [0, 0.1) is 0 Å². The van der Waals surface area contributed by atoms with Crippen molar-refractivity contribution in [3.05, 3.63) is 59.2 Å². The van der Waals surface area contributed by atoms with Crippen LogP contribution >= 0.6 is 23.5 Å². The molecule has 0 saturated carbocycles. The van der Waals surface area contributed by atoms with E-state index in [-0.39, 0.29) is 12.5 Å². The third-order valence-electron chi connectivity index (χ3n) is 5.33. The van der Waals surface area contributed by atoms with E-state index < -0.39 is 0 Å². The highest BCUT2D eigenvalue weighted by Gasteiger charge is 2.17. The van der Waals surface area contributed by atoms with Gasteiger partial charge in [0.15, 0.2) is 6.61 Å². The maximum Gasteiger partial charge on any atom is 0.258 e. The molecule has 29 heavy (non-hydrogen) atoms. The van der Waals surface area contributed by atoms with Crippen molar-refractivity contribution >= 4 is 35.1 Å². The van der Waals surface area contributed by atoms with Crippen LogP contribution in [0.4, 0.5) is 5.69 Å². The number of thioether (sulfide) groups is 2. The molecule has 0 aliphatic carbocycles. The number of nitrogens with zero attached hydrogens (tertiary/aromatic N) is 1. The minimum atomic E-state index is -0.0951. The summed E-state index contributed by atoms with van der Waals surface area (Å²) in [6.45, 7) is 1.69. The van der Waals surface area contributed by atoms with E-state index in [0.29, 0.717) is 11.1 Å². The monoisotopic (exact) mass is 428 g/mol. The number of carbonyl (C=O) groups is 1. The summed E-state index contributed by atoms with van der Waals surface area (Å²) < 4.78 is 6.20. The summed E-state index contributed by atoms with van der Waals surface area (Å²) in [6, 6.07) is 14.7. The third-order valence-corrected chi connectivity index (χ3v) is 8.35. The quantitative estimate of drug-likeness (QED) is 0.726. The van der Waals surface area contributed by atoms with Crippen LogP contribution < -0.4 is 15.0 Å². The molecule has 4 nitrogen and oxygen atoms in total. The minimum Gasteiger partial charge on any atom is -0.484 e. The topological polar surface area (TPSA) is 41.6 Å². The summed E-state index contributed by atoms with van der Waals surface area (Å²) >= 11 is 4.02. The van der Waals surface area contributed by atoms with E-state index in [2.05, 4.69) is 47.6 Å². The normalized spacial score (nSPS) is 16.9. The molecule has 1 amide bonds. The van der Waals surface area contributed by atoms with Crippen molar-refractivity contribution in [2.45, 2.75) is 30.4 Å². The molecule has 2 aliphatic heterocycles. The lowest BCUT2D eigenvalue weighted by atomic mass is 9.99. The van der Waals surface area contributed by atoms with Crippen molar-refractivity contribution in [3.63, 3.8) is 0 Å². The molecule has 2 heterocycles. The molecule has 0 bridgehead atoms. The van der Waals surface area contributed by atoms with Crippen LogP contribution in [0.5, 0.6) is 5.75 Å². The smallest absolute Gasteiger partial charge is 0.258 e. The molecular weight excluding hydrogens is 400 g/mol. The molecule has 154 valence electrons. The molecule has 2 aromatic rings. The highest BCUT2D eigenvalue weighted by Crippen LogP contribution is 2.43. The first kappa shape index (κ1) is 20.5. The first-order valence-electron chi connectivity index (χ1n) is 10.2. The maximum absolute atomic E-state index is 12.2. The molecule has 0 unspecified atom stereocenters. The second-order valence-corrected chi connectivity index (χ2v) is 10.3. The summed E-state index contributed by atoms with van der Waals surface area (Å²) in [4.78, 5) is 14.5. The lowest BCUT2D eigenvalue weighted by molar-refractivity contribution is -0.123. The Labute approximate surface area is 181 Å². The number of fused-ring (bicyclic) bond motifs is 1. The predicted molar refractivity (Wildman–Crippen MR) is 124 cm³/mol. The predicted octanol–water partition coefficient (Wildman–Crippen LogP) is 4.63. The largest absolute Gasteiger partial charge is 0.484 e. The Hall–Kier alpha value is -1.79. The first-order valence-corrected chi connectivity index (χ1v) is 12.3. The highest BCUT2D eigenvalue weighted by atomic mass is 32.2. The number of carbonyl (C=O) groups excluding carboxylic acids is 1. The van der Waals surface area contributed by atoms with Crippen LogP contribution in [0.25, 0.3) is 0 Å². The van der Waals surface area contributed by atoms with E-state index >= 15 is 0 Å². The zero-order valence-corrected chi connectivity index (χ0v) is 18.5. The molecule has 0 aromatic heterocycles. The fourth-order valence-corrected chi connectivity index (χ4v) is 6.64. The lowest BCUT2D eigenvalue weighted by Crippen LogP contribution is -2.29. The van der Waals surface area contributed by atoms with Gasteiger partial charge in [-0.3, -0.25) is 4.79 Å². The average molecular weight is 429 g/mol. The van der Waals surface area contributed by atoms with Gasteiger partial charge in [-0.2, -0.15) is 0 Å². The van der Waals surface area contributed by atoms with E-state index in [0.717, 1.165) is 24.3 Å². The van der Waals surface area contributed by atoms with Crippen molar-refractivity contribution in [3.8, 4) is 5.75 Å². The standard InChI is InChI=1S/C23H28N2O2S2/c1-25-11-2-4-19-14-17(5-10-21(19)25)15-24-22(26)16-27-20-8-6-18(7-9-20)23-28-12-3-13-29-23/h5-10,14,23H,2-4,11-13,15-16H2,1H3,(H,24,26). The Kier molecular flexibility index (Phi) is 6.93. The third kappa shape index (κ3) is 5.43. The Balaban J connectivity index is 1.24. The van der Waals surface area contributed by atoms with Gasteiger partial charge in [-0.05, 0) is 65.7 Å². The fourth-order valence-electron chi connectivity index (χ4n) is 3.75. The second kappa shape index (κ2) is 9.81. The van der Waals surface area contributed by atoms with Gasteiger partial charge in [0, 0.05) is 25.8 Å². The van der Waals surface area contributed by atoms with Gasteiger partial charge in [-0.25, -0.2) is 0 Å². The number of ether oxygens (including phenoxy) is 1. The molecule has 4 rings (SSSR count). The fraction of sp³-hybridized carbons (Fsp3) is 0.435. The molecule has 1 saturated heterocycles. The van der Waals surface area contributed by atoms with Crippen LogP contribution in [0.3, 0.4) is 0 Å². The first-order chi connectivity index (χ1) is 14.2. The highest BCUT2D eigenvalue weighted by molar-refractivity contribution is 8.16. The lowest BCUT2D eigenvalue weighted by Gasteiger charge is -2.27. The molecule has 0 atom stereocenters. The summed E-state index contributed by atoms with van der Waals surface area (Å²) in [7, 11) is 2.14. The van der Waals surface area contributed by atoms with Crippen LogP contribution in [0.2, 0.25) is 0 Å². The number of aryl methyl sites for hydroxylation is 1. The number of benzene rings is 2. The van der Waals surface area contributed by atoms with Gasteiger partial charge in [-0.1, -0.05) is 24.3 Å². The van der Waals surface area contributed by atoms with Crippen molar-refractivity contribution in [2.75, 3.05) is 36.6 Å². The Morgan fingerprint density at radius 3 is 2.72 bits per heavy atom. The number of hydrogen-bond donors (Lipinski definition) is 1. The molecule has 0 radical (unpaired) electrons. The van der Waals surface area contributed by atoms with Crippen LogP contribution in [0.15, 0.2) is 42.5 Å². The van der Waals surface area contributed by atoms with Gasteiger partial charge in [0.05, 0.1) is 4.58 Å². The van der Waals surface area contributed by atoms with Gasteiger partial charge in [0.25, 0.3) is 5.91 Å². The molecule has 1 N–H and O–H groups in total. The summed E-state index contributed by atoms with van der Waals surface area (Å²) in [5.41, 5.74) is 5.15. The summed E-state index contributed by atoms with van der Waals surface area (Å²) in [5.74, 6) is 3.11. The SMILES string of the molecule is CN1CCCc2cc(CNC(=O)COc3ccc(C4SCCCS4)cc3)ccc21. The second-order valence-electron chi connectivity index (χ2n) is 7.55. The van der Waals surface area contributed by atoms with Crippen molar-refractivity contribution in [2.24, 2.45) is 0 Å². The summed E-state index contributed by atoms with van der Waals surface area (Å²) in [6.07, 6.45) is 3.59. The zero-order valence-electron chi connectivity index (χ0n) is 16.9. The van der Waals surface area contributed by atoms with E-state index in [9.17, 15) is 4.79 Å². The minimum absolute atomic E-state index is 0.0416. The van der Waals surface area contributed by atoms with Crippen molar-refractivity contribution in [1.82, 2.24) is 5.32 Å². The number of nitrogens with one attached hydrogen (secondary N) is 1. The van der Waals surface area contributed by atoms with E-state index in [1.54, 1.807) is 0 Å². The van der Waals surface area contributed by atoms with E-state index in [4.69, 9.17) is 4.74 Å². The van der Waals surface area contributed by atoms with Gasteiger partial charge in [0.2, 0.25) is 0 Å². The van der Waals surface area contributed by atoms with E-state index in [1.807, 2.05) is 35.7 Å². The van der Waals surface area contributed by atoms with Crippen LogP contribution in [0.1, 0.15) is 34.1 Å². The van der Waals surface area contributed by atoms with Crippen molar-refractivity contribution < 1.29 is 9.53 Å². The van der Waals surface area contributed by atoms with Crippen LogP contribution in [-0.4, -0.2) is 37.6 Å². The number of rotatable bonds is 6. The van der Waals surface area contributed by atoms with Gasteiger partial charge < -0.3 is 15.0 Å². The van der Waals surface area contributed by atoms with E-state index in [1.165, 1.54) is 41.2 Å². The molecule has 1 fully saturated rings. The molecular formula is C23H28N2O2S2. The Morgan fingerprint density at radius 1 is 1.14 bits per heavy atom. The number of amides is 1. The molecule has 0 spiro atoms. The van der Waals surface area contributed by atoms with Crippen LogP contribution in [-0.2, 0) is 17.8 Å². The van der Waals surface area contributed by atoms with Gasteiger partial charge in [0.1, 0.15) is 5.75 Å². The van der Waals surface area contributed by atoms with Gasteiger partial charge >= 0.3 is 0 Å². The Morgan fingerprint density at radius 2 is 1.93 bits per heavy atom. The molecule has 2 aromatic carbocycles. The summed E-state index contributed by atoms with van der Waals surface area (Å²) in [5, 5.41) is 2.97. The molecule has 2 aliphatic rings. The number of anilines is 1. The zero-order chi connectivity index (χ0) is 20.1. The van der Waals surface area contributed by atoms with Gasteiger partial charge in [-0.15, -0.1) is 23.5 Å². The maximum atomic E-state index is 12.2. The molecule has 6 heteroatoms. The number of hydrogen-bond acceptors (Lipinski definition) is 5. The average Bonchev–Trinajstić information content (AvgIpc) is 2.77.